The Kier molecular flexibility index (Phi) is 8.34. The number of para-hydroxylation sites is 1. The molecule has 0 aliphatic heterocycles. The van der Waals surface area contributed by atoms with Gasteiger partial charge in [0.25, 0.3) is 17.0 Å². The van der Waals surface area contributed by atoms with Crippen LogP contribution in [0.25, 0.3) is 0 Å². The maximum absolute atomic E-state index is 13.7. The number of ether oxygens (including phenoxy) is 1. The predicted molar refractivity (Wildman–Crippen MR) is 143 cm³/mol. The van der Waals surface area contributed by atoms with Gasteiger partial charge in [-0.3, -0.25) is 9.59 Å². The molecule has 2 N–H and O–H groups in total. The van der Waals surface area contributed by atoms with Gasteiger partial charge in [-0.1, -0.05) is 54.2 Å². The summed E-state index contributed by atoms with van der Waals surface area (Å²) >= 11 is 2.54. The number of benzene rings is 2. The fraction of sp³-hybridized carbons (Fsp3) is 0.259. The van der Waals surface area contributed by atoms with Crippen molar-refractivity contribution in [3.8, 4) is 5.75 Å². The van der Waals surface area contributed by atoms with E-state index in [1.165, 1.54) is 23.5 Å². The number of nitrogens with zero attached hydrogens (tertiary/aromatic N) is 2. The first kappa shape index (κ1) is 25.9. The first-order valence-corrected chi connectivity index (χ1v) is 14.0. The fourth-order valence-corrected chi connectivity index (χ4v) is 5.99. The zero-order valence-electron chi connectivity index (χ0n) is 20.4. The smallest absolute Gasteiger partial charge is 0.277 e. The predicted octanol–water partition coefficient (Wildman–Crippen LogP) is 5.39. The van der Waals surface area contributed by atoms with Crippen molar-refractivity contribution in [2.24, 2.45) is 0 Å². The largest absolute Gasteiger partial charge is 0.481 e. The number of thioether (sulfide) groups is 1. The van der Waals surface area contributed by atoms with E-state index in [1.807, 2.05) is 30.3 Å². The van der Waals surface area contributed by atoms with Crippen LogP contribution in [0.3, 0.4) is 0 Å². The quantitative estimate of drug-likeness (QED) is 0.254. The number of anilines is 1. The molecular formula is C27H25FN4O4S2. The lowest BCUT2D eigenvalue weighted by Crippen LogP contribution is -2.25. The van der Waals surface area contributed by atoms with Crippen LogP contribution in [-0.2, 0) is 30.8 Å². The molecule has 0 atom stereocenters. The van der Waals surface area contributed by atoms with Crippen LogP contribution in [0.5, 0.6) is 5.75 Å². The van der Waals surface area contributed by atoms with E-state index in [-0.39, 0.29) is 41.0 Å². The molecular weight excluding hydrogens is 527 g/mol. The molecule has 4 aromatic rings. The second-order valence-corrected chi connectivity index (χ2v) is 10.6. The van der Waals surface area contributed by atoms with E-state index < -0.39 is 5.82 Å². The molecule has 11 heteroatoms. The zero-order valence-corrected chi connectivity index (χ0v) is 22.0. The first-order chi connectivity index (χ1) is 18.6. The number of carbonyl (C=O) groups is 2. The first-order valence-electron chi connectivity index (χ1n) is 12.2. The third-order valence-corrected chi connectivity index (χ3v) is 7.94. The molecule has 0 fully saturated rings. The number of aryl methyl sites for hydroxylation is 1. The van der Waals surface area contributed by atoms with Crippen LogP contribution >= 0.6 is 23.1 Å². The topological polar surface area (TPSA) is 106 Å². The Balaban J connectivity index is 1.19. The van der Waals surface area contributed by atoms with Gasteiger partial charge in [-0.25, -0.2) is 4.39 Å². The monoisotopic (exact) mass is 552 g/mol. The van der Waals surface area contributed by atoms with Gasteiger partial charge in [0.15, 0.2) is 18.2 Å². The Hall–Kier alpha value is -3.70. The fourth-order valence-electron chi connectivity index (χ4n) is 4.11. The van der Waals surface area contributed by atoms with Crippen molar-refractivity contribution in [2.75, 3.05) is 11.1 Å². The number of hydrogen-bond donors (Lipinski definition) is 2. The maximum Gasteiger partial charge on any atom is 0.277 e. The molecule has 2 aromatic heterocycles. The molecule has 0 saturated carbocycles. The Morgan fingerprint density at radius 2 is 1.84 bits per heavy atom. The minimum absolute atomic E-state index is 0.0173. The van der Waals surface area contributed by atoms with Gasteiger partial charge in [-0.05, 0) is 48.9 Å². The summed E-state index contributed by atoms with van der Waals surface area (Å²) < 4.78 is 24.6. The molecule has 0 radical (unpaired) electrons. The third-order valence-electron chi connectivity index (χ3n) is 5.91. The summed E-state index contributed by atoms with van der Waals surface area (Å²) in [7, 11) is 0. The van der Waals surface area contributed by atoms with E-state index in [1.54, 1.807) is 12.1 Å². The Labute approximate surface area is 227 Å². The van der Waals surface area contributed by atoms with Crippen LogP contribution in [0.15, 0.2) is 64.2 Å². The van der Waals surface area contributed by atoms with Crippen LogP contribution in [0.2, 0.25) is 0 Å². The van der Waals surface area contributed by atoms with Crippen molar-refractivity contribution >= 4 is 39.9 Å². The van der Waals surface area contributed by atoms with E-state index in [2.05, 4.69) is 20.8 Å². The normalized spacial score (nSPS) is 12.6. The maximum atomic E-state index is 13.7. The second kappa shape index (κ2) is 12.2. The molecule has 0 saturated heterocycles. The molecule has 0 spiro atoms. The van der Waals surface area contributed by atoms with Gasteiger partial charge in [0.1, 0.15) is 5.00 Å². The van der Waals surface area contributed by atoms with Gasteiger partial charge >= 0.3 is 0 Å². The highest BCUT2D eigenvalue weighted by Crippen LogP contribution is 2.38. The number of nitrogens with one attached hydrogen (secondary N) is 2. The molecule has 8 nitrogen and oxygen atoms in total. The molecule has 0 unspecified atom stereocenters. The van der Waals surface area contributed by atoms with Crippen molar-refractivity contribution in [3.05, 3.63) is 87.9 Å². The average Bonchev–Trinajstić information content (AvgIpc) is 3.54. The van der Waals surface area contributed by atoms with Crippen molar-refractivity contribution in [2.45, 2.75) is 44.1 Å². The molecule has 1 aliphatic rings. The summed E-state index contributed by atoms with van der Waals surface area (Å²) in [4.78, 5) is 27.1. The molecule has 2 aromatic carbocycles. The minimum Gasteiger partial charge on any atom is -0.481 e. The summed E-state index contributed by atoms with van der Waals surface area (Å²) in [6.45, 7) is 0.316. The van der Waals surface area contributed by atoms with E-state index in [0.717, 1.165) is 53.4 Å². The number of amides is 2. The highest BCUT2D eigenvalue weighted by atomic mass is 32.2. The van der Waals surface area contributed by atoms with Crippen LogP contribution in [0.1, 0.15) is 45.1 Å². The summed E-state index contributed by atoms with van der Waals surface area (Å²) in [5.74, 6) is -0.688. The van der Waals surface area contributed by atoms with Crippen LogP contribution in [0, 0.1) is 5.82 Å². The minimum atomic E-state index is -0.485. The van der Waals surface area contributed by atoms with Crippen molar-refractivity contribution in [3.63, 3.8) is 0 Å². The van der Waals surface area contributed by atoms with Gasteiger partial charge < -0.3 is 19.8 Å². The lowest BCUT2D eigenvalue weighted by Gasteiger charge is -2.13. The van der Waals surface area contributed by atoms with Gasteiger partial charge in [0, 0.05) is 11.4 Å². The summed E-state index contributed by atoms with van der Waals surface area (Å²) in [5.41, 5.74) is 2.60. The highest BCUT2D eigenvalue weighted by Gasteiger charge is 2.26. The number of hydrogen-bond acceptors (Lipinski definition) is 8. The molecule has 196 valence electrons. The summed E-state index contributed by atoms with van der Waals surface area (Å²) in [6.07, 6.45) is 3.82. The lowest BCUT2D eigenvalue weighted by molar-refractivity contribution is -0.113. The average molecular weight is 553 g/mol. The molecule has 0 bridgehead atoms. The standard InChI is InChI=1S/C27H25FN4O4S2/c28-19-11-5-6-12-20(19)35-15-23-31-32-27(36-23)37-16-22(33)30-26-24(18-10-4-7-13-21(18)38-26)25(34)29-14-17-8-2-1-3-9-17/h1-3,5-6,8-9,11-12H,4,7,10,13-16H2,(H,29,34)(H,30,33). The van der Waals surface area contributed by atoms with Crippen molar-refractivity contribution < 1.29 is 23.1 Å². The van der Waals surface area contributed by atoms with E-state index in [4.69, 9.17) is 9.15 Å². The molecule has 1 aliphatic carbocycles. The van der Waals surface area contributed by atoms with E-state index >= 15 is 0 Å². The molecule has 38 heavy (non-hydrogen) atoms. The van der Waals surface area contributed by atoms with Crippen LogP contribution < -0.4 is 15.4 Å². The van der Waals surface area contributed by atoms with Gasteiger partial charge in [0.2, 0.25) is 5.91 Å². The Bertz CT molecular complexity index is 1420. The number of halogens is 1. The third kappa shape index (κ3) is 6.40. The molecule has 5 rings (SSSR count). The number of carbonyl (C=O) groups excluding carboxylic acids is 2. The lowest BCUT2D eigenvalue weighted by atomic mass is 9.95. The highest BCUT2D eigenvalue weighted by molar-refractivity contribution is 7.99. The van der Waals surface area contributed by atoms with Crippen molar-refractivity contribution in [1.29, 1.82) is 0 Å². The number of fused-ring (bicyclic) bond motifs is 1. The number of rotatable bonds is 10. The summed E-state index contributed by atoms with van der Waals surface area (Å²) in [5, 5.41) is 14.5. The molecule has 2 heterocycles. The van der Waals surface area contributed by atoms with Crippen molar-refractivity contribution in [1.82, 2.24) is 15.5 Å². The Morgan fingerprint density at radius 3 is 2.68 bits per heavy atom. The molecule has 2 amide bonds. The summed E-state index contributed by atoms with van der Waals surface area (Å²) in [6, 6.07) is 15.7. The Morgan fingerprint density at radius 1 is 1.05 bits per heavy atom. The van der Waals surface area contributed by atoms with Crippen LogP contribution in [0.4, 0.5) is 9.39 Å². The number of thiophene rings is 1. The van der Waals surface area contributed by atoms with Crippen LogP contribution in [-0.4, -0.2) is 27.8 Å². The SMILES string of the molecule is O=C(CSc1nnc(COc2ccccc2F)o1)Nc1sc2c(c1C(=O)NCc1ccccc1)CCCC2. The second-order valence-electron chi connectivity index (χ2n) is 8.60. The van der Waals surface area contributed by atoms with E-state index in [0.29, 0.717) is 17.1 Å². The van der Waals surface area contributed by atoms with E-state index in [9.17, 15) is 14.0 Å². The van der Waals surface area contributed by atoms with Gasteiger partial charge in [-0.2, -0.15) is 0 Å². The van der Waals surface area contributed by atoms with Gasteiger partial charge in [0.05, 0.1) is 11.3 Å². The zero-order chi connectivity index (χ0) is 26.3. The van der Waals surface area contributed by atoms with Gasteiger partial charge in [-0.15, -0.1) is 21.5 Å². The number of aromatic nitrogens is 2.